The van der Waals surface area contributed by atoms with Crippen LogP contribution in [0.4, 0.5) is 0 Å². The lowest BCUT2D eigenvalue weighted by atomic mass is 10.1. The van der Waals surface area contributed by atoms with Crippen molar-refractivity contribution in [3.05, 3.63) is 101 Å². The van der Waals surface area contributed by atoms with Crippen molar-refractivity contribution in [3.8, 4) is 5.75 Å². The fourth-order valence-electron chi connectivity index (χ4n) is 3.05. The van der Waals surface area contributed by atoms with Crippen LogP contribution < -0.4 is 20.8 Å². The average molecular weight is 392 g/mol. The van der Waals surface area contributed by atoms with Crippen LogP contribution in [0.2, 0.25) is 0 Å². The van der Waals surface area contributed by atoms with Crippen molar-refractivity contribution in [3.63, 3.8) is 0 Å². The predicted octanol–water partition coefficient (Wildman–Crippen LogP) is 3.59. The molecular formula is C22H17O5P. The topological polar surface area (TPSA) is 76.7 Å². The molecule has 1 heterocycles. The number of fused-ring (bicyclic) bond motifs is 1. The van der Waals surface area contributed by atoms with Crippen LogP contribution in [0.3, 0.4) is 0 Å². The van der Waals surface area contributed by atoms with E-state index in [2.05, 4.69) is 0 Å². The van der Waals surface area contributed by atoms with Gasteiger partial charge < -0.3 is 14.0 Å². The molecule has 0 radical (unpaired) electrons. The molecule has 6 heteroatoms. The highest BCUT2D eigenvalue weighted by molar-refractivity contribution is 7.74. The van der Waals surface area contributed by atoms with E-state index in [4.69, 9.17) is 8.94 Å². The first-order valence-electron chi connectivity index (χ1n) is 8.69. The lowest BCUT2D eigenvalue weighted by Gasteiger charge is -2.20. The van der Waals surface area contributed by atoms with Crippen molar-refractivity contribution < 1.29 is 18.6 Å². The first kappa shape index (κ1) is 18.2. The molecule has 0 amide bonds. The lowest BCUT2D eigenvalue weighted by molar-refractivity contribution is 0.282. The van der Waals surface area contributed by atoms with E-state index in [0.717, 1.165) is 0 Å². The third kappa shape index (κ3) is 3.38. The Morgan fingerprint density at radius 1 is 0.857 bits per heavy atom. The van der Waals surface area contributed by atoms with Crippen LogP contribution in [0.5, 0.6) is 5.75 Å². The molecule has 0 aliphatic rings. The molecule has 0 spiro atoms. The summed E-state index contributed by atoms with van der Waals surface area (Å²) < 4.78 is 25.2. The minimum absolute atomic E-state index is 0.265. The molecule has 0 bridgehead atoms. The molecule has 0 atom stereocenters. The zero-order valence-corrected chi connectivity index (χ0v) is 15.7. The van der Waals surface area contributed by atoms with Gasteiger partial charge in [0, 0.05) is 17.5 Å². The lowest BCUT2D eigenvalue weighted by Crippen LogP contribution is -2.20. The van der Waals surface area contributed by atoms with E-state index in [1.165, 1.54) is 12.1 Å². The van der Waals surface area contributed by atoms with Gasteiger partial charge in [0.2, 0.25) is 0 Å². The summed E-state index contributed by atoms with van der Waals surface area (Å²) >= 11 is 0. The molecule has 28 heavy (non-hydrogen) atoms. The minimum atomic E-state index is -3.42. The van der Waals surface area contributed by atoms with Crippen LogP contribution in [-0.2, 0) is 11.2 Å². The molecule has 0 unspecified atom stereocenters. The summed E-state index contributed by atoms with van der Waals surface area (Å²) in [6, 6.07) is 24.1. The van der Waals surface area contributed by atoms with E-state index < -0.39 is 13.0 Å². The van der Waals surface area contributed by atoms with Crippen LogP contribution in [-0.4, -0.2) is 5.11 Å². The zero-order valence-electron chi connectivity index (χ0n) is 14.8. The van der Waals surface area contributed by atoms with Gasteiger partial charge in [-0.3, -0.25) is 4.57 Å². The van der Waals surface area contributed by atoms with E-state index in [1.54, 1.807) is 60.7 Å². The second-order valence-corrected chi connectivity index (χ2v) is 8.54. The van der Waals surface area contributed by atoms with E-state index in [-0.39, 0.29) is 12.2 Å². The first-order chi connectivity index (χ1) is 13.6. The highest BCUT2D eigenvalue weighted by Crippen LogP contribution is 2.45. The Morgan fingerprint density at radius 2 is 1.46 bits per heavy atom. The number of benzene rings is 3. The molecule has 0 saturated heterocycles. The van der Waals surface area contributed by atoms with E-state index in [9.17, 15) is 14.5 Å². The third-order valence-electron chi connectivity index (χ3n) is 4.40. The van der Waals surface area contributed by atoms with Gasteiger partial charge >= 0.3 is 13.0 Å². The summed E-state index contributed by atoms with van der Waals surface area (Å²) in [5.41, 5.74) is 0.164. The van der Waals surface area contributed by atoms with Gasteiger partial charge in [-0.1, -0.05) is 36.4 Å². The highest BCUT2D eigenvalue weighted by Gasteiger charge is 2.30. The van der Waals surface area contributed by atoms with E-state index in [1.807, 2.05) is 12.1 Å². The number of hydrogen-bond acceptors (Lipinski definition) is 5. The third-order valence-corrected chi connectivity index (χ3v) is 6.82. The molecule has 1 aromatic heterocycles. The smallest absolute Gasteiger partial charge is 0.336 e. The second-order valence-electron chi connectivity index (χ2n) is 6.22. The quantitative estimate of drug-likeness (QED) is 0.415. The maximum atomic E-state index is 14.0. The normalized spacial score (nSPS) is 11.5. The Morgan fingerprint density at radius 3 is 2.04 bits per heavy atom. The number of hydrogen-bond donors (Lipinski definition) is 1. The zero-order chi connectivity index (χ0) is 19.6. The Balaban J connectivity index is 1.84. The Hall–Kier alpha value is -3.14. The first-order valence-corrected chi connectivity index (χ1v) is 10.3. The summed E-state index contributed by atoms with van der Waals surface area (Å²) in [5, 5.41) is 11.2. The van der Waals surface area contributed by atoms with Gasteiger partial charge in [-0.25, -0.2) is 4.79 Å². The maximum Gasteiger partial charge on any atom is 0.336 e. The van der Waals surface area contributed by atoms with Gasteiger partial charge in [0.25, 0.3) is 0 Å². The number of rotatable bonds is 5. The fraction of sp³-hybridized carbons (Fsp3) is 0.0455. The number of aliphatic hydroxyl groups is 1. The van der Waals surface area contributed by atoms with Gasteiger partial charge in [0.05, 0.1) is 17.2 Å². The van der Waals surface area contributed by atoms with Gasteiger partial charge in [-0.15, -0.1) is 0 Å². The van der Waals surface area contributed by atoms with E-state index >= 15 is 0 Å². The minimum Gasteiger partial charge on any atom is -0.437 e. The summed E-state index contributed by atoms with van der Waals surface area (Å²) in [7, 11) is -3.42. The monoisotopic (exact) mass is 392 g/mol. The van der Waals surface area contributed by atoms with Crippen LogP contribution in [0, 0.1) is 0 Å². The predicted molar refractivity (Wildman–Crippen MR) is 109 cm³/mol. The van der Waals surface area contributed by atoms with Gasteiger partial charge in [0.15, 0.2) is 0 Å². The summed E-state index contributed by atoms with van der Waals surface area (Å²) in [5.74, 6) is 0.307. The molecule has 3 aromatic carbocycles. The Labute approximate surface area is 161 Å². The molecule has 0 fully saturated rings. The second kappa shape index (κ2) is 7.47. The average Bonchev–Trinajstić information content (AvgIpc) is 2.74. The van der Waals surface area contributed by atoms with Crippen molar-refractivity contribution in [1.82, 2.24) is 0 Å². The molecule has 5 nitrogen and oxygen atoms in total. The van der Waals surface area contributed by atoms with Crippen LogP contribution >= 0.6 is 7.37 Å². The largest absolute Gasteiger partial charge is 0.437 e. The Bertz CT molecular complexity index is 1170. The van der Waals surface area contributed by atoms with Crippen molar-refractivity contribution in [2.24, 2.45) is 0 Å². The SMILES string of the molecule is O=c1cc(CO)c2ccc(OP(=O)(c3ccccc3)c3ccccc3)cc2o1. The molecule has 0 aliphatic carbocycles. The van der Waals surface area contributed by atoms with Crippen molar-refractivity contribution in [2.75, 3.05) is 0 Å². The number of aliphatic hydroxyl groups excluding tert-OH is 1. The van der Waals surface area contributed by atoms with Gasteiger partial charge in [0.1, 0.15) is 11.3 Å². The molecule has 4 aromatic rings. The van der Waals surface area contributed by atoms with Crippen molar-refractivity contribution >= 4 is 28.9 Å². The molecule has 0 aliphatic heterocycles. The van der Waals surface area contributed by atoms with Gasteiger partial charge in [-0.2, -0.15) is 0 Å². The summed E-state index contributed by atoms with van der Waals surface area (Å²) in [6.07, 6.45) is 0. The summed E-state index contributed by atoms with van der Waals surface area (Å²) in [4.78, 5) is 11.7. The van der Waals surface area contributed by atoms with Crippen LogP contribution in [0.25, 0.3) is 11.0 Å². The van der Waals surface area contributed by atoms with Crippen molar-refractivity contribution in [1.29, 1.82) is 0 Å². The molecule has 1 N–H and O–H groups in total. The molecule has 140 valence electrons. The van der Waals surface area contributed by atoms with E-state index in [0.29, 0.717) is 27.3 Å². The molecule has 4 rings (SSSR count). The standard InChI is InChI=1S/C22H17O5P/c23-15-16-13-22(24)26-21-14-17(11-12-20(16)21)27-28(25,18-7-3-1-4-8-18)19-9-5-2-6-10-19/h1-14,23H,15H2. The van der Waals surface area contributed by atoms with Crippen LogP contribution in [0.1, 0.15) is 5.56 Å². The molecule has 0 saturated carbocycles. The maximum absolute atomic E-state index is 14.0. The molecular weight excluding hydrogens is 375 g/mol. The van der Waals surface area contributed by atoms with Crippen molar-refractivity contribution in [2.45, 2.75) is 6.61 Å². The summed E-state index contributed by atoms with van der Waals surface area (Å²) in [6.45, 7) is -0.283. The van der Waals surface area contributed by atoms with Gasteiger partial charge in [-0.05, 0) is 42.0 Å². The highest BCUT2D eigenvalue weighted by atomic mass is 31.2. The van der Waals surface area contributed by atoms with Crippen LogP contribution in [0.15, 0.2) is 94.1 Å². The Kier molecular flexibility index (Phi) is 4.86. The fourth-order valence-corrected chi connectivity index (χ4v) is 5.10.